The summed E-state index contributed by atoms with van der Waals surface area (Å²) < 4.78 is 10.4. The number of imidazole rings is 2. The van der Waals surface area contributed by atoms with Gasteiger partial charge in [-0.15, -0.1) is 0 Å². The van der Waals surface area contributed by atoms with Crippen LogP contribution in [0.15, 0.2) is 79.6 Å². The number of benzene rings is 2. The van der Waals surface area contributed by atoms with E-state index in [4.69, 9.17) is 16.3 Å². The van der Waals surface area contributed by atoms with Gasteiger partial charge in [-0.2, -0.15) is 0 Å². The summed E-state index contributed by atoms with van der Waals surface area (Å²) in [7, 11) is 0. The van der Waals surface area contributed by atoms with Crippen molar-refractivity contribution < 1.29 is 4.74 Å². The highest BCUT2D eigenvalue weighted by Gasteiger charge is 2.13. The molecule has 4 aromatic rings. The van der Waals surface area contributed by atoms with Crippen LogP contribution in [0.5, 0.6) is 5.75 Å². The Morgan fingerprint density at radius 2 is 1.79 bits per heavy atom. The minimum Gasteiger partial charge on any atom is -0.489 e. The Balaban J connectivity index is 1.45. The number of aromatic nitrogens is 4. The van der Waals surface area contributed by atoms with Crippen LogP contribution in [-0.4, -0.2) is 25.2 Å². The maximum absolute atomic E-state index is 6.34. The zero-order valence-corrected chi connectivity index (χ0v) is 17.0. The van der Waals surface area contributed by atoms with E-state index in [0.717, 1.165) is 41.7 Å². The van der Waals surface area contributed by atoms with Crippen LogP contribution < -0.4 is 4.74 Å². The fourth-order valence-corrected chi connectivity index (χ4v) is 3.45. The summed E-state index contributed by atoms with van der Waals surface area (Å²) in [4.78, 5) is 8.42. The zero-order chi connectivity index (χ0) is 20.1. The molecule has 1 atom stereocenters. The molecule has 0 aliphatic carbocycles. The van der Waals surface area contributed by atoms with Gasteiger partial charge < -0.3 is 13.9 Å². The Kier molecular flexibility index (Phi) is 5.96. The molecular formula is C23H23ClN4O. The molecule has 148 valence electrons. The van der Waals surface area contributed by atoms with Crippen LogP contribution in [0.4, 0.5) is 0 Å². The Morgan fingerprint density at radius 3 is 2.45 bits per heavy atom. The Hall–Kier alpha value is -3.05. The normalized spacial score (nSPS) is 12.1. The predicted octanol–water partition coefficient (Wildman–Crippen LogP) is 5.11. The first-order valence-corrected chi connectivity index (χ1v) is 10.0. The molecule has 6 heteroatoms. The summed E-state index contributed by atoms with van der Waals surface area (Å²) in [6.45, 7) is 2.73. The Bertz CT molecular complexity index is 1020. The van der Waals surface area contributed by atoms with Crippen molar-refractivity contribution in [3.63, 3.8) is 0 Å². The summed E-state index contributed by atoms with van der Waals surface area (Å²) >= 11 is 6.00. The third kappa shape index (κ3) is 5.06. The highest BCUT2D eigenvalue weighted by Crippen LogP contribution is 2.20. The van der Waals surface area contributed by atoms with Crippen molar-refractivity contribution in [1.82, 2.24) is 19.1 Å². The first kappa shape index (κ1) is 19.3. The molecule has 0 amide bonds. The molecule has 2 heterocycles. The standard InChI is InChI=1S/C23H23ClN4O/c1-18-26-13-15-28(18)21-7-10-22(11-8-21)29-23(16-27-14-12-25-17-27)9-4-19-2-5-20(24)6-3-19/h2-3,5-8,10-15,17,23H,4,9,16H2,1H3. The SMILES string of the molecule is Cc1nccn1-c1ccc(OC(CCc2ccc(Cl)cc2)Cn2ccnc2)cc1. The Morgan fingerprint density at radius 1 is 1.00 bits per heavy atom. The van der Waals surface area contributed by atoms with Crippen molar-refractivity contribution in [3.8, 4) is 11.4 Å². The second-order valence-electron chi connectivity index (χ2n) is 7.00. The van der Waals surface area contributed by atoms with Gasteiger partial charge in [0.1, 0.15) is 17.7 Å². The van der Waals surface area contributed by atoms with Gasteiger partial charge in [-0.1, -0.05) is 23.7 Å². The quantitative estimate of drug-likeness (QED) is 0.408. The van der Waals surface area contributed by atoms with E-state index >= 15 is 0 Å². The molecule has 0 aliphatic heterocycles. The number of hydrogen-bond acceptors (Lipinski definition) is 3. The van der Waals surface area contributed by atoms with Gasteiger partial charge in [0, 0.05) is 35.5 Å². The number of rotatable bonds is 8. The smallest absolute Gasteiger partial charge is 0.119 e. The van der Waals surface area contributed by atoms with Crippen LogP contribution in [0.2, 0.25) is 5.02 Å². The molecule has 0 spiro atoms. The van der Waals surface area contributed by atoms with Gasteiger partial charge in [0.05, 0.1) is 12.9 Å². The maximum Gasteiger partial charge on any atom is 0.119 e. The maximum atomic E-state index is 6.34. The largest absolute Gasteiger partial charge is 0.489 e. The summed E-state index contributed by atoms with van der Waals surface area (Å²) in [6, 6.07) is 16.1. The van der Waals surface area contributed by atoms with Gasteiger partial charge in [-0.3, -0.25) is 0 Å². The van der Waals surface area contributed by atoms with Crippen molar-refractivity contribution in [2.45, 2.75) is 32.4 Å². The predicted molar refractivity (Wildman–Crippen MR) is 115 cm³/mol. The van der Waals surface area contributed by atoms with Crippen LogP contribution in [0, 0.1) is 6.92 Å². The second-order valence-corrected chi connectivity index (χ2v) is 7.44. The van der Waals surface area contributed by atoms with Crippen molar-refractivity contribution >= 4 is 11.6 Å². The van der Waals surface area contributed by atoms with Gasteiger partial charge >= 0.3 is 0 Å². The van der Waals surface area contributed by atoms with Crippen LogP contribution in [-0.2, 0) is 13.0 Å². The minimum absolute atomic E-state index is 0.0284. The molecule has 0 fully saturated rings. The molecular weight excluding hydrogens is 384 g/mol. The lowest BCUT2D eigenvalue weighted by molar-refractivity contribution is 0.170. The van der Waals surface area contributed by atoms with E-state index in [1.165, 1.54) is 5.56 Å². The van der Waals surface area contributed by atoms with Crippen molar-refractivity contribution in [2.24, 2.45) is 0 Å². The lowest BCUT2D eigenvalue weighted by Gasteiger charge is -2.20. The van der Waals surface area contributed by atoms with Gasteiger partial charge in [0.25, 0.3) is 0 Å². The summed E-state index contributed by atoms with van der Waals surface area (Å²) in [6.07, 6.45) is 11.2. The number of nitrogens with zero attached hydrogens (tertiary/aromatic N) is 4. The van der Waals surface area contributed by atoms with Crippen molar-refractivity contribution in [3.05, 3.63) is 96.1 Å². The molecule has 29 heavy (non-hydrogen) atoms. The van der Waals surface area contributed by atoms with E-state index in [2.05, 4.69) is 38.8 Å². The topological polar surface area (TPSA) is 44.9 Å². The molecule has 2 aromatic heterocycles. The lowest BCUT2D eigenvalue weighted by Crippen LogP contribution is -2.23. The van der Waals surface area contributed by atoms with Crippen LogP contribution >= 0.6 is 11.6 Å². The van der Waals surface area contributed by atoms with Crippen molar-refractivity contribution in [2.75, 3.05) is 0 Å². The molecule has 0 bridgehead atoms. The summed E-state index contributed by atoms with van der Waals surface area (Å²) in [5, 5.41) is 0.758. The number of ether oxygens (including phenoxy) is 1. The van der Waals surface area contributed by atoms with Crippen LogP contribution in [0.3, 0.4) is 0 Å². The third-order valence-corrected chi connectivity index (χ3v) is 5.14. The molecule has 0 aliphatic rings. The highest BCUT2D eigenvalue weighted by atomic mass is 35.5. The molecule has 0 saturated heterocycles. The second kappa shape index (κ2) is 8.97. The van der Waals surface area contributed by atoms with Gasteiger partial charge in [0.15, 0.2) is 0 Å². The van der Waals surface area contributed by atoms with Crippen LogP contribution in [0.25, 0.3) is 5.69 Å². The average Bonchev–Trinajstić information content (AvgIpc) is 3.40. The first-order chi connectivity index (χ1) is 14.2. The fourth-order valence-electron chi connectivity index (χ4n) is 3.32. The summed E-state index contributed by atoms with van der Waals surface area (Å²) in [5.74, 6) is 1.81. The van der Waals surface area contributed by atoms with E-state index in [-0.39, 0.29) is 6.10 Å². The van der Waals surface area contributed by atoms with E-state index in [0.29, 0.717) is 0 Å². The monoisotopic (exact) mass is 406 g/mol. The van der Waals surface area contributed by atoms with Gasteiger partial charge in [-0.05, 0) is 61.7 Å². The molecule has 1 unspecified atom stereocenters. The van der Waals surface area contributed by atoms with Crippen LogP contribution in [0.1, 0.15) is 17.8 Å². The first-order valence-electron chi connectivity index (χ1n) is 9.64. The number of halogens is 1. The van der Waals surface area contributed by atoms with E-state index in [9.17, 15) is 0 Å². The summed E-state index contributed by atoms with van der Waals surface area (Å²) in [5.41, 5.74) is 2.32. The highest BCUT2D eigenvalue weighted by molar-refractivity contribution is 6.30. The Labute approximate surface area is 175 Å². The number of aryl methyl sites for hydroxylation is 2. The molecule has 2 aromatic carbocycles. The van der Waals surface area contributed by atoms with Gasteiger partial charge in [0.2, 0.25) is 0 Å². The molecule has 4 rings (SSSR count). The van der Waals surface area contributed by atoms with E-state index in [1.54, 1.807) is 12.4 Å². The fraction of sp³-hybridized carbons (Fsp3) is 0.217. The third-order valence-electron chi connectivity index (χ3n) is 4.89. The average molecular weight is 407 g/mol. The van der Waals surface area contributed by atoms with E-state index < -0.39 is 0 Å². The zero-order valence-electron chi connectivity index (χ0n) is 16.3. The van der Waals surface area contributed by atoms with Gasteiger partial charge in [-0.25, -0.2) is 9.97 Å². The molecule has 0 saturated carbocycles. The van der Waals surface area contributed by atoms with E-state index in [1.807, 2.05) is 54.5 Å². The molecule has 0 radical (unpaired) electrons. The lowest BCUT2D eigenvalue weighted by atomic mass is 10.1. The molecule has 0 N–H and O–H groups in total. The minimum atomic E-state index is 0.0284. The number of hydrogen-bond donors (Lipinski definition) is 0. The van der Waals surface area contributed by atoms with Crippen molar-refractivity contribution in [1.29, 1.82) is 0 Å². The molecule has 5 nitrogen and oxygen atoms in total.